The fourth-order valence-electron chi connectivity index (χ4n) is 7.22. The Bertz CT molecular complexity index is 2670. The van der Waals surface area contributed by atoms with Crippen LogP contribution in [0.2, 0.25) is 0 Å². The smallest absolute Gasteiger partial charge is 0.183 e. The molecule has 0 atom stereocenters. The van der Waals surface area contributed by atoms with Gasteiger partial charge in [0.25, 0.3) is 0 Å². The molecule has 9 rings (SSSR count). The second-order valence-electron chi connectivity index (χ2n) is 12.3. The van der Waals surface area contributed by atoms with Crippen LogP contribution < -0.4 is 4.90 Å². The third-order valence-electron chi connectivity index (χ3n) is 9.52. The quantitative estimate of drug-likeness (QED) is 0.177. The number of nitriles is 1. The fourth-order valence-corrected chi connectivity index (χ4v) is 7.22. The van der Waals surface area contributed by atoms with Crippen molar-refractivity contribution in [3.8, 4) is 28.3 Å². The molecule has 2 nitrogen and oxygen atoms in total. The Balaban J connectivity index is 1.19. The first-order chi connectivity index (χ1) is 24.1. The van der Waals surface area contributed by atoms with Crippen molar-refractivity contribution in [2.45, 2.75) is 0 Å². The van der Waals surface area contributed by atoms with E-state index in [1.165, 1.54) is 0 Å². The van der Waals surface area contributed by atoms with E-state index in [2.05, 4.69) is 54.6 Å². The lowest BCUT2D eigenvalue weighted by atomic mass is 9.89. The third kappa shape index (κ3) is 4.67. The molecule has 0 radical (unpaired) electrons. The largest absolute Gasteiger partial charge is 0.307 e. The SMILES string of the molecule is N#Cc1ccc(N(c2ccc(-c3cc4ccc5cc(-c6ccccc6)cc6ccc(c3)c4c56)c(F)c2F)c2cccc3ccccc23)cc1. The first kappa shape index (κ1) is 28.6. The molecule has 0 aliphatic heterocycles. The Labute approximate surface area is 281 Å². The summed E-state index contributed by atoms with van der Waals surface area (Å²) in [5.41, 5.74) is 4.98. The summed E-state index contributed by atoms with van der Waals surface area (Å²) in [5.74, 6) is -1.87. The van der Waals surface area contributed by atoms with Crippen molar-refractivity contribution in [1.29, 1.82) is 5.26 Å². The van der Waals surface area contributed by atoms with Gasteiger partial charge in [-0.2, -0.15) is 5.26 Å². The molecule has 0 aromatic heterocycles. The Morgan fingerprint density at radius 3 is 1.69 bits per heavy atom. The molecule has 0 saturated carbocycles. The van der Waals surface area contributed by atoms with Gasteiger partial charge in [0.1, 0.15) is 0 Å². The van der Waals surface area contributed by atoms with E-state index in [4.69, 9.17) is 0 Å². The Kier molecular flexibility index (Phi) is 6.60. The summed E-state index contributed by atoms with van der Waals surface area (Å²) in [6, 6.07) is 53.0. The van der Waals surface area contributed by atoms with Gasteiger partial charge < -0.3 is 4.90 Å². The van der Waals surface area contributed by atoms with Crippen molar-refractivity contribution in [3.63, 3.8) is 0 Å². The molecule has 0 aliphatic carbocycles. The molecular weight excluding hydrogens is 607 g/mol. The summed E-state index contributed by atoms with van der Waals surface area (Å²) in [7, 11) is 0. The predicted octanol–water partition coefficient (Wildman–Crippen LogP) is 12.7. The van der Waals surface area contributed by atoms with E-state index in [1.54, 1.807) is 41.3 Å². The van der Waals surface area contributed by atoms with Gasteiger partial charge in [-0.25, -0.2) is 8.78 Å². The van der Waals surface area contributed by atoms with Crippen LogP contribution >= 0.6 is 0 Å². The van der Waals surface area contributed by atoms with Gasteiger partial charge in [-0.05, 0) is 121 Å². The summed E-state index contributed by atoms with van der Waals surface area (Å²) in [4.78, 5) is 1.72. The van der Waals surface area contributed by atoms with Crippen LogP contribution in [0.4, 0.5) is 25.8 Å². The van der Waals surface area contributed by atoms with Crippen molar-refractivity contribution in [3.05, 3.63) is 175 Å². The third-order valence-corrected chi connectivity index (χ3v) is 9.52. The second-order valence-corrected chi connectivity index (χ2v) is 12.3. The maximum atomic E-state index is 16.5. The van der Waals surface area contributed by atoms with Crippen LogP contribution in [0.15, 0.2) is 158 Å². The number of benzene rings is 9. The number of hydrogen-bond acceptors (Lipinski definition) is 2. The molecule has 230 valence electrons. The van der Waals surface area contributed by atoms with Crippen LogP contribution in [-0.2, 0) is 0 Å². The Morgan fingerprint density at radius 1 is 0.449 bits per heavy atom. The van der Waals surface area contributed by atoms with E-state index in [0.717, 1.165) is 54.2 Å². The molecule has 0 unspecified atom stereocenters. The van der Waals surface area contributed by atoms with Crippen molar-refractivity contribution < 1.29 is 8.78 Å². The first-order valence-corrected chi connectivity index (χ1v) is 16.1. The van der Waals surface area contributed by atoms with E-state index < -0.39 is 11.6 Å². The zero-order valence-corrected chi connectivity index (χ0v) is 26.2. The zero-order chi connectivity index (χ0) is 33.1. The predicted molar refractivity (Wildman–Crippen MR) is 198 cm³/mol. The number of nitrogens with zero attached hydrogens (tertiary/aromatic N) is 2. The Hall–Kier alpha value is -6.57. The number of anilines is 3. The summed E-state index contributed by atoms with van der Waals surface area (Å²) < 4.78 is 32.9. The van der Waals surface area contributed by atoms with Crippen LogP contribution in [0.5, 0.6) is 0 Å². The lowest BCUT2D eigenvalue weighted by molar-refractivity contribution is 0.512. The van der Waals surface area contributed by atoms with Crippen LogP contribution in [0.1, 0.15) is 5.56 Å². The van der Waals surface area contributed by atoms with Crippen LogP contribution in [0.25, 0.3) is 65.3 Å². The summed E-state index contributed by atoms with van der Waals surface area (Å²) in [6.45, 7) is 0. The normalized spacial score (nSPS) is 11.4. The van der Waals surface area contributed by atoms with Crippen molar-refractivity contribution in [2.24, 2.45) is 0 Å². The highest BCUT2D eigenvalue weighted by Gasteiger charge is 2.24. The average molecular weight is 633 g/mol. The number of rotatable bonds is 5. The van der Waals surface area contributed by atoms with E-state index in [-0.39, 0.29) is 11.3 Å². The molecule has 4 heteroatoms. The molecule has 9 aromatic rings. The topological polar surface area (TPSA) is 27.0 Å². The van der Waals surface area contributed by atoms with Gasteiger partial charge in [-0.1, -0.05) is 91.0 Å². The molecular formula is C45H26F2N2. The maximum Gasteiger partial charge on any atom is 0.183 e. The summed E-state index contributed by atoms with van der Waals surface area (Å²) in [6.07, 6.45) is 0. The second kappa shape index (κ2) is 11.3. The average Bonchev–Trinajstić information content (AvgIpc) is 3.16. The first-order valence-electron chi connectivity index (χ1n) is 16.1. The lowest BCUT2D eigenvalue weighted by Gasteiger charge is -2.27. The van der Waals surface area contributed by atoms with Crippen molar-refractivity contribution >= 4 is 60.2 Å². The highest BCUT2D eigenvalue weighted by molar-refractivity contribution is 6.24. The van der Waals surface area contributed by atoms with Gasteiger partial charge in [0, 0.05) is 16.6 Å². The van der Waals surface area contributed by atoms with Gasteiger partial charge in [0.05, 0.1) is 23.0 Å². The van der Waals surface area contributed by atoms with Gasteiger partial charge in [-0.15, -0.1) is 0 Å². The Morgan fingerprint density at radius 2 is 1.04 bits per heavy atom. The number of hydrogen-bond donors (Lipinski definition) is 0. The lowest BCUT2D eigenvalue weighted by Crippen LogP contribution is -2.13. The molecule has 0 amide bonds. The maximum absolute atomic E-state index is 16.5. The zero-order valence-electron chi connectivity index (χ0n) is 26.2. The van der Waals surface area contributed by atoms with Gasteiger partial charge in [0.2, 0.25) is 0 Å². The van der Waals surface area contributed by atoms with Crippen LogP contribution in [0, 0.1) is 23.0 Å². The molecule has 0 saturated heterocycles. The fraction of sp³-hybridized carbons (Fsp3) is 0. The molecule has 0 N–H and O–H groups in total. The van der Waals surface area contributed by atoms with E-state index in [9.17, 15) is 5.26 Å². The highest BCUT2D eigenvalue weighted by atomic mass is 19.2. The minimum absolute atomic E-state index is 0.0780. The molecule has 0 aliphatic rings. The minimum atomic E-state index is -0.951. The van der Waals surface area contributed by atoms with Crippen LogP contribution in [-0.4, -0.2) is 0 Å². The molecule has 0 bridgehead atoms. The van der Waals surface area contributed by atoms with Crippen molar-refractivity contribution in [2.75, 3.05) is 4.90 Å². The van der Waals surface area contributed by atoms with E-state index in [0.29, 0.717) is 22.5 Å². The highest BCUT2D eigenvalue weighted by Crippen LogP contribution is 2.44. The molecule has 0 heterocycles. The van der Waals surface area contributed by atoms with Crippen molar-refractivity contribution in [1.82, 2.24) is 0 Å². The van der Waals surface area contributed by atoms with Gasteiger partial charge in [-0.3, -0.25) is 0 Å². The minimum Gasteiger partial charge on any atom is -0.307 e. The molecule has 0 fully saturated rings. The van der Waals surface area contributed by atoms with E-state index >= 15 is 8.78 Å². The molecule has 9 aromatic carbocycles. The summed E-state index contributed by atoms with van der Waals surface area (Å²) in [5, 5.41) is 17.8. The molecule has 49 heavy (non-hydrogen) atoms. The van der Waals surface area contributed by atoms with Crippen LogP contribution in [0.3, 0.4) is 0 Å². The van der Waals surface area contributed by atoms with Gasteiger partial charge in [0.15, 0.2) is 11.6 Å². The monoisotopic (exact) mass is 632 g/mol. The standard InChI is InChI=1S/C45H26F2N2/c46-44-39(36-25-33-17-15-31-23-35(29-7-2-1-3-8-29)24-32-16-18-34(26-36)43(33)42(31)32)21-22-41(45(44)47)49(37-19-13-28(27-48)14-20-37)40-12-6-10-30-9-4-5-11-38(30)40/h1-26H. The van der Waals surface area contributed by atoms with E-state index in [1.807, 2.05) is 72.8 Å². The number of halogens is 2. The molecule has 0 spiro atoms. The van der Waals surface area contributed by atoms with Gasteiger partial charge >= 0.3 is 0 Å². The summed E-state index contributed by atoms with van der Waals surface area (Å²) >= 11 is 0. The number of fused-ring (bicyclic) bond motifs is 1.